The van der Waals surface area contributed by atoms with Crippen molar-refractivity contribution < 1.29 is 0 Å². The number of fused-ring (bicyclic) bond motifs is 1. The Morgan fingerprint density at radius 2 is 2.00 bits per heavy atom. The molecule has 1 N–H and O–H groups in total. The van der Waals surface area contributed by atoms with Crippen molar-refractivity contribution in [2.24, 2.45) is 5.41 Å². The summed E-state index contributed by atoms with van der Waals surface area (Å²) in [4.78, 5) is 6.27. The monoisotopic (exact) mass is 238 g/mol. The predicted molar refractivity (Wildman–Crippen MR) is 69.9 cm³/mol. The van der Waals surface area contributed by atoms with Gasteiger partial charge in [0.05, 0.1) is 5.69 Å². The van der Waals surface area contributed by atoms with E-state index < -0.39 is 0 Å². The fourth-order valence-electron chi connectivity index (χ4n) is 2.03. The van der Waals surface area contributed by atoms with Crippen molar-refractivity contribution in [3.05, 3.63) is 15.6 Å². The summed E-state index contributed by atoms with van der Waals surface area (Å²) in [5.74, 6) is 0. The number of aromatic nitrogens is 1. The van der Waals surface area contributed by atoms with Crippen molar-refractivity contribution in [1.29, 1.82) is 0 Å². The van der Waals surface area contributed by atoms with Gasteiger partial charge in [-0.25, -0.2) is 4.98 Å². The molecule has 0 saturated carbocycles. The maximum absolute atomic E-state index is 4.73. The highest BCUT2D eigenvalue weighted by molar-refractivity contribution is 7.11. The lowest BCUT2D eigenvalue weighted by molar-refractivity contribution is 0.379. The van der Waals surface area contributed by atoms with Gasteiger partial charge in [0.25, 0.3) is 0 Å². The molecule has 1 aromatic rings. The number of aryl methyl sites for hydroxylation is 2. The molecule has 2 nitrogen and oxygen atoms in total. The molecule has 0 amide bonds. The molecule has 0 radical (unpaired) electrons. The molecule has 0 spiro atoms. The zero-order valence-corrected chi connectivity index (χ0v) is 11.4. The number of hydrogen-bond donors (Lipinski definition) is 1. The zero-order valence-electron chi connectivity index (χ0n) is 10.6. The SMILES string of the molecule is CC(C)(C)CNCc1nc2c(s1)CCCC2. The average Bonchev–Trinajstić information content (AvgIpc) is 2.57. The highest BCUT2D eigenvalue weighted by Crippen LogP contribution is 2.26. The number of nitrogens with zero attached hydrogens (tertiary/aromatic N) is 1. The van der Waals surface area contributed by atoms with E-state index in [0.29, 0.717) is 5.41 Å². The Bertz CT molecular complexity index is 326. The van der Waals surface area contributed by atoms with Crippen molar-refractivity contribution in [1.82, 2.24) is 10.3 Å². The molecule has 0 saturated heterocycles. The van der Waals surface area contributed by atoms with E-state index in [0.717, 1.165) is 13.1 Å². The van der Waals surface area contributed by atoms with E-state index in [9.17, 15) is 0 Å². The summed E-state index contributed by atoms with van der Waals surface area (Å²) in [5.41, 5.74) is 1.74. The molecule has 0 aromatic carbocycles. The molecule has 1 aliphatic carbocycles. The Morgan fingerprint density at radius 3 is 2.69 bits per heavy atom. The van der Waals surface area contributed by atoms with E-state index in [1.807, 2.05) is 11.3 Å². The first-order valence-electron chi connectivity index (χ1n) is 6.23. The number of hydrogen-bond acceptors (Lipinski definition) is 3. The first kappa shape index (κ1) is 12.1. The van der Waals surface area contributed by atoms with Crippen molar-refractivity contribution in [2.75, 3.05) is 6.54 Å². The molecule has 1 aromatic heterocycles. The van der Waals surface area contributed by atoms with Crippen LogP contribution in [0.4, 0.5) is 0 Å². The van der Waals surface area contributed by atoms with Gasteiger partial charge in [-0.15, -0.1) is 11.3 Å². The number of thiazole rings is 1. The Labute approximate surface area is 102 Å². The van der Waals surface area contributed by atoms with E-state index in [1.165, 1.54) is 36.4 Å². The largest absolute Gasteiger partial charge is 0.310 e. The molecule has 0 bridgehead atoms. The molecule has 0 unspecified atom stereocenters. The summed E-state index contributed by atoms with van der Waals surface area (Å²) < 4.78 is 0. The maximum atomic E-state index is 4.73. The molecule has 2 rings (SSSR count). The fourth-order valence-corrected chi connectivity index (χ4v) is 3.15. The van der Waals surface area contributed by atoms with Gasteiger partial charge >= 0.3 is 0 Å². The second kappa shape index (κ2) is 4.84. The van der Waals surface area contributed by atoms with Crippen LogP contribution < -0.4 is 5.32 Å². The summed E-state index contributed by atoms with van der Waals surface area (Å²) in [5, 5.41) is 4.77. The highest BCUT2D eigenvalue weighted by atomic mass is 32.1. The summed E-state index contributed by atoms with van der Waals surface area (Å²) >= 11 is 1.91. The molecule has 3 heteroatoms. The van der Waals surface area contributed by atoms with Crippen molar-refractivity contribution in [3.63, 3.8) is 0 Å². The van der Waals surface area contributed by atoms with Crippen LogP contribution in [-0.4, -0.2) is 11.5 Å². The van der Waals surface area contributed by atoms with Crippen LogP contribution in [-0.2, 0) is 19.4 Å². The van der Waals surface area contributed by atoms with Crippen LogP contribution in [0.5, 0.6) is 0 Å². The molecule has 1 heterocycles. The van der Waals surface area contributed by atoms with Crippen LogP contribution in [0.1, 0.15) is 49.2 Å². The Hall–Kier alpha value is -0.410. The van der Waals surface area contributed by atoms with Gasteiger partial charge in [-0.1, -0.05) is 20.8 Å². The van der Waals surface area contributed by atoms with E-state index in [4.69, 9.17) is 4.98 Å². The maximum Gasteiger partial charge on any atom is 0.107 e. The highest BCUT2D eigenvalue weighted by Gasteiger charge is 2.15. The Kier molecular flexibility index (Phi) is 3.65. The third kappa shape index (κ3) is 3.29. The van der Waals surface area contributed by atoms with Crippen LogP contribution in [0, 0.1) is 5.41 Å². The minimum atomic E-state index is 0.358. The molecule has 16 heavy (non-hydrogen) atoms. The lowest BCUT2D eigenvalue weighted by atomic mass is 9.97. The van der Waals surface area contributed by atoms with Gasteiger partial charge in [0, 0.05) is 18.0 Å². The standard InChI is InChI=1S/C13H22N2S/c1-13(2,3)9-14-8-12-15-10-6-4-5-7-11(10)16-12/h14H,4-9H2,1-3H3. The molecular formula is C13H22N2S. The molecule has 90 valence electrons. The molecule has 0 atom stereocenters. The van der Waals surface area contributed by atoms with Crippen LogP contribution in [0.15, 0.2) is 0 Å². The van der Waals surface area contributed by atoms with Crippen LogP contribution in [0.25, 0.3) is 0 Å². The normalized spacial score (nSPS) is 16.2. The van der Waals surface area contributed by atoms with Crippen molar-refractivity contribution >= 4 is 11.3 Å². The average molecular weight is 238 g/mol. The van der Waals surface area contributed by atoms with Gasteiger partial charge in [-0.3, -0.25) is 0 Å². The van der Waals surface area contributed by atoms with Gasteiger partial charge < -0.3 is 5.32 Å². The smallest absolute Gasteiger partial charge is 0.107 e. The molecular weight excluding hydrogens is 216 g/mol. The Morgan fingerprint density at radius 1 is 1.25 bits per heavy atom. The van der Waals surface area contributed by atoms with E-state index >= 15 is 0 Å². The lowest BCUT2D eigenvalue weighted by Gasteiger charge is -2.18. The minimum absolute atomic E-state index is 0.358. The Balaban J connectivity index is 1.88. The third-order valence-electron chi connectivity index (χ3n) is 2.82. The second-order valence-electron chi connectivity index (χ2n) is 5.85. The second-order valence-corrected chi connectivity index (χ2v) is 7.02. The molecule has 1 aliphatic rings. The minimum Gasteiger partial charge on any atom is -0.310 e. The topological polar surface area (TPSA) is 24.9 Å². The number of nitrogens with one attached hydrogen (secondary N) is 1. The molecule has 0 fully saturated rings. The first-order chi connectivity index (χ1) is 7.54. The summed E-state index contributed by atoms with van der Waals surface area (Å²) in [6.45, 7) is 8.76. The first-order valence-corrected chi connectivity index (χ1v) is 7.04. The van der Waals surface area contributed by atoms with Crippen molar-refractivity contribution in [3.8, 4) is 0 Å². The van der Waals surface area contributed by atoms with E-state index in [1.54, 1.807) is 4.88 Å². The predicted octanol–water partition coefficient (Wildman–Crippen LogP) is 3.16. The molecule has 0 aliphatic heterocycles. The van der Waals surface area contributed by atoms with Gasteiger partial charge in [0.1, 0.15) is 5.01 Å². The zero-order chi connectivity index (χ0) is 11.6. The van der Waals surface area contributed by atoms with Crippen molar-refractivity contribution in [2.45, 2.75) is 53.0 Å². The van der Waals surface area contributed by atoms with Gasteiger partial charge in [0.15, 0.2) is 0 Å². The van der Waals surface area contributed by atoms with Crippen LogP contribution in [0.3, 0.4) is 0 Å². The fraction of sp³-hybridized carbons (Fsp3) is 0.769. The van der Waals surface area contributed by atoms with Crippen LogP contribution in [0.2, 0.25) is 0 Å². The summed E-state index contributed by atoms with van der Waals surface area (Å²) in [6, 6.07) is 0. The summed E-state index contributed by atoms with van der Waals surface area (Å²) in [7, 11) is 0. The number of rotatable bonds is 3. The third-order valence-corrected chi connectivity index (χ3v) is 3.98. The lowest BCUT2D eigenvalue weighted by Crippen LogP contribution is -2.26. The van der Waals surface area contributed by atoms with Gasteiger partial charge in [-0.2, -0.15) is 0 Å². The quantitative estimate of drug-likeness (QED) is 0.875. The van der Waals surface area contributed by atoms with Gasteiger partial charge in [-0.05, 0) is 31.1 Å². The van der Waals surface area contributed by atoms with E-state index in [2.05, 4.69) is 26.1 Å². The van der Waals surface area contributed by atoms with Gasteiger partial charge in [0.2, 0.25) is 0 Å². The summed E-state index contributed by atoms with van der Waals surface area (Å²) in [6.07, 6.45) is 5.13. The van der Waals surface area contributed by atoms with E-state index in [-0.39, 0.29) is 0 Å². The van der Waals surface area contributed by atoms with Crippen LogP contribution >= 0.6 is 11.3 Å².